The summed E-state index contributed by atoms with van der Waals surface area (Å²) in [4.78, 5) is 35.0. The van der Waals surface area contributed by atoms with Gasteiger partial charge in [0.25, 0.3) is 0 Å². The lowest BCUT2D eigenvalue weighted by molar-refractivity contribution is -0.161. The minimum absolute atomic E-state index is 0.0431. The third-order valence-electron chi connectivity index (χ3n) is 10.4. The van der Waals surface area contributed by atoms with Gasteiger partial charge in [0, 0.05) is 19.4 Å². The van der Waals surface area contributed by atoms with E-state index in [0.29, 0.717) is 12.8 Å². The van der Waals surface area contributed by atoms with Gasteiger partial charge >= 0.3 is 19.8 Å². The molecule has 0 saturated carbocycles. The lowest BCUT2D eigenvalue weighted by atomic mass is 10.0. The fourth-order valence-electron chi connectivity index (χ4n) is 6.79. The molecule has 0 aromatic carbocycles. The second-order valence-electron chi connectivity index (χ2n) is 16.3. The molecule has 0 amide bonds. The van der Waals surface area contributed by atoms with Crippen molar-refractivity contribution >= 4 is 19.8 Å². The van der Waals surface area contributed by atoms with Crippen molar-refractivity contribution in [2.75, 3.05) is 26.4 Å². The van der Waals surface area contributed by atoms with Crippen LogP contribution in [0.25, 0.3) is 0 Å². The Balaban J connectivity index is 4.09. The molecule has 0 heterocycles. The maximum atomic E-state index is 12.6. The van der Waals surface area contributed by atoms with Crippen molar-refractivity contribution in [3.8, 4) is 0 Å². The maximum absolute atomic E-state index is 12.6. The molecule has 0 saturated heterocycles. The van der Waals surface area contributed by atoms with Crippen LogP contribution in [0.5, 0.6) is 0 Å². The number of unbranched alkanes of at least 4 members (excludes halogenated alkanes) is 23. The Labute approximate surface area is 374 Å². The Bertz CT molecular complexity index is 1180. The van der Waals surface area contributed by atoms with Crippen molar-refractivity contribution < 1.29 is 37.6 Å². The van der Waals surface area contributed by atoms with Gasteiger partial charge in [-0.2, -0.15) is 0 Å². The lowest BCUT2D eigenvalue weighted by Crippen LogP contribution is -2.29. The van der Waals surface area contributed by atoms with Gasteiger partial charge in [-0.3, -0.25) is 18.6 Å². The molecule has 3 N–H and O–H groups in total. The van der Waals surface area contributed by atoms with E-state index in [4.69, 9.17) is 24.3 Å². The van der Waals surface area contributed by atoms with Crippen molar-refractivity contribution in [3.05, 3.63) is 60.8 Å². The number of carbonyl (C=O) groups is 2. The summed E-state index contributed by atoms with van der Waals surface area (Å²) in [7, 11) is -4.40. The van der Waals surface area contributed by atoms with Crippen LogP contribution in [0.2, 0.25) is 0 Å². The molecule has 2 atom stereocenters. The van der Waals surface area contributed by atoms with Crippen molar-refractivity contribution in [3.63, 3.8) is 0 Å². The lowest BCUT2D eigenvalue weighted by Gasteiger charge is -2.19. The fourth-order valence-corrected chi connectivity index (χ4v) is 7.55. The van der Waals surface area contributed by atoms with Crippen molar-refractivity contribution in [1.82, 2.24) is 0 Å². The Morgan fingerprint density at radius 1 is 0.508 bits per heavy atom. The van der Waals surface area contributed by atoms with E-state index in [2.05, 4.69) is 68.5 Å². The summed E-state index contributed by atoms with van der Waals surface area (Å²) in [6.07, 6.45) is 57.0. The number of allylic oxidation sites excluding steroid dienone is 10. The molecule has 0 aliphatic carbocycles. The van der Waals surface area contributed by atoms with Gasteiger partial charge in [-0.15, -0.1) is 0 Å². The van der Waals surface area contributed by atoms with Gasteiger partial charge in [0.2, 0.25) is 0 Å². The average molecular weight is 878 g/mol. The zero-order valence-corrected chi connectivity index (χ0v) is 40.0. The second kappa shape index (κ2) is 47.2. The molecule has 0 bridgehead atoms. The van der Waals surface area contributed by atoms with Crippen LogP contribution >= 0.6 is 7.82 Å². The van der Waals surface area contributed by atoms with Gasteiger partial charge < -0.3 is 20.1 Å². The summed E-state index contributed by atoms with van der Waals surface area (Å²) in [5.74, 6) is -0.892. The molecule has 0 aliphatic heterocycles. The first kappa shape index (κ1) is 58.7. The summed E-state index contributed by atoms with van der Waals surface area (Å²) in [6.45, 7) is 3.58. The molecule has 0 aromatic heterocycles. The molecule has 61 heavy (non-hydrogen) atoms. The van der Waals surface area contributed by atoms with E-state index in [1.54, 1.807) is 0 Å². The Morgan fingerprint density at radius 2 is 0.902 bits per heavy atom. The van der Waals surface area contributed by atoms with Gasteiger partial charge in [-0.1, -0.05) is 216 Å². The van der Waals surface area contributed by atoms with Crippen LogP contribution < -0.4 is 5.73 Å². The van der Waals surface area contributed by atoms with Crippen LogP contribution in [0, 0.1) is 0 Å². The molecule has 0 spiro atoms. The van der Waals surface area contributed by atoms with Crippen molar-refractivity contribution in [2.45, 2.75) is 225 Å². The molecule has 354 valence electrons. The van der Waals surface area contributed by atoms with Crippen LogP contribution in [0.15, 0.2) is 60.8 Å². The highest BCUT2D eigenvalue weighted by molar-refractivity contribution is 7.47. The molecule has 0 radical (unpaired) electrons. The molecule has 0 aliphatic rings. The summed E-state index contributed by atoms with van der Waals surface area (Å²) in [5, 5.41) is 0. The van der Waals surface area contributed by atoms with Crippen LogP contribution in [0.1, 0.15) is 219 Å². The first-order valence-corrected chi connectivity index (χ1v) is 26.3. The van der Waals surface area contributed by atoms with Crippen LogP contribution in [-0.4, -0.2) is 49.3 Å². The monoisotopic (exact) mass is 878 g/mol. The minimum atomic E-state index is -4.40. The maximum Gasteiger partial charge on any atom is 0.472 e. The molecule has 0 rings (SSSR count). The number of rotatable bonds is 46. The van der Waals surface area contributed by atoms with Crippen LogP contribution in [-0.2, 0) is 32.7 Å². The molecule has 0 aromatic rings. The van der Waals surface area contributed by atoms with E-state index in [1.807, 2.05) is 6.08 Å². The van der Waals surface area contributed by atoms with Gasteiger partial charge in [0.15, 0.2) is 6.10 Å². The number of hydrogen-bond acceptors (Lipinski definition) is 8. The van der Waals surface area contributed by atoms with Crippen molar-refractivity contribution in [2.24, 2.45) is 5.73 Å². The standard InChI is InChI=1S/C51H92NO8P/c1-3-5-7-9-11-13-15-17-19-21-22-23-24-25-26-28-29-31-33-35-37-39-41-43-50(53)57-47-49(48-59-61(55,56)58-46-45-52)60-51(54)44-42-40-38-36-34-32-30-27-20-18-16-14-12-10-8-6-4-2/h6,8,12,14,18,20,30,32,36,38,49H,3-5,7,9-11,13,15-17,19,21-29,31,33-35,37,39-48,52H2,1-2H3,(H,55,56)/b8-6-,14-12-,20-18-,32-30-,38-36-. The quantitative estimate of drug-likeness (QED) is 0.0265. The smallest absolute Gasteiger partial charge is 0.462 e. The fraction of sp³-hybridized carbons (Fsp3) is 0.765. The van der Waals surface area contributed by atoms with Gasteiger partial charge in [-0.25, -0.2) is 4.57 Å². The summed E-state index contributed by atoms with van der Waals surface area (Å²) >= 11 is 0. The zero-order valence-electron chi connectivity index (χ0n) is 39.1. The summed E-state index contributed by atoms with van der Waals surface area (Å²) in [5.41, 5.74) is 5.36. The Kier molecular flexibility index (Phi) is 45.4. The number of esters is 2. The molecule has 0 fully saturated rings. The number of hydrogen-bond donors (Lipinski definition) is 2. The van der Waals surface area contributed by atoms with E-state index in [1.165, 1.54) is 128 Å². The summed E-state index contributed by atoms with van der Waals surface area (Å²) < 4.78 is 32.8. The highest BCUT2D eigenvalue weighted by Gasteiger charge is 2.26. The van der Waals surface area contributed by atoms with E-state index in [9.17, 15) is 19.0 Å². The number of carbonyl (C=O) groups excluding carboxylic acids is 2. The summed E-state index contributed by atoms with van der Waals surface area (Å²) in [6, 6.07) is 0. The largest absolute Gasteiger partial charge is 0.472 e. The average Bonchev–Trinajstić information content (AvgIpc) is 3.25. The topological polar surface area (TPSA) is 134 Å². The predicted octanol–water partition coefficient (Wildman–Crippen LogP) is 14.8. The van der Waals surface area contributed by atoms with Gasteiger partial charge in [-0.05, 0) is 51.4 Å². The van der Waals surface area contributed by atoms with Crippen molar-refractivity contribution in [1.29, 1.82) is 0 Å². The normalized spacial score (nSPS) is 13.7. The minimum Gasteiger partial charge on any atom is -0.462 e. The molecule has 2 unspecified atom stereocenters. The third-order valence-corrected chi connectivity index (χ3v) is 11.4. The first-order chi connectivity index (χ1) is 29.8. The number of phosphoric ester groups is 1. The predicted molar refractivity (Wildman–Crippen MR) is 256 cm³/mol. The molecule has 9 nitrogen and oxygen atoms in total. The first-order valence-electron chi connectivity index (χ1n) is 24.8. The molecule has 10 heteroatoms. The number of nitrogens with two attached hydrogens (primary N) is 1. The van der Waals surface area contributed by atoms with Gasteiger partial charge in [0.05, 0.1) is 13.2 Å². The van der Waals surface area contributed by atoms with Gasteiger partial charge in [0.1, 0.15) is 6.61 Å². The molecular weight excluding hydrogens is 786 g/mol. The van der Waals surface area contributed by atoms with E-state index in [0.717, 1.165) is 51.4 Å². The van der Waals surface area contributed by atoms with E-state index >= 15 is 0 Å². The van der Waals surface area contributed by atoms with E-state index < -0.39 is 32.5 Å². The van der Waals surface area contributed by atoms with Crippen LogP contribution in [0.4, 0.5) is 0 Å². The highest BCUT2D eigenvalue weighted by atomic mass is 31.2. The van der Waals surface area contributed by atoms with E-state index in [-0.39, 0.29) is 32.6 Å². The zero-order chi connectivity index (χ0) is 44.6. The van der Waals surface area contributed by atoms with Crippen LogP contribution in [0.3, 0.4) is 0 Å². The SMILES string of the molecule is CC/C=C\C/C=C\C/C=C\C/C=C\C/C=C\CCCC(=O)OC(COC(=O)CCCCCCCCCCCCCCCCCCCCCCCCC)COP(=O)(O)OCCN. The second-order valence-corrected chi connectivity index (χ2v) is 17.8. The molecular formula is C51H92NO8P. The Morgan fingerprint density at radius 3 is 1.33 bits per heavy atom. The Hall–Kier alpha value is -2.29. The highest BCUT2D eigenvalue weighted by Crippen LogP contribution is 2.43. The number of phosphoric acid groups is 1. The third kappa shape index (κ3) is 47.0. The number of ether oxygens (including phenoxy) is 2.